The third kappa shape index (κ3) is 2.78. The number of hydrogen-bond donors (Lipinski definition) is 2. The van der Waals surface area contributed by atoms with Gasteiger partial charge in [-0.15, -0.1) is 0 Å². The van der Waals surface area contributed by atoms with Crippen molar-refractivity contribution in [3.8, 4) is 0 Å². The maximum absolute atomic E-state index is 13.2. The van der Waals surface area contributed by atoms with Crippen molar-refractivity contribution in [2.45, 2.75) is 57.5 Å². The minimum atomic E-state index is -0.532. The average Bonchev–Trinajstić information content (AvgIpc) is 2.38. The number of benzene rings is 1. The zero-order valence-corrected chi connectivity index (χ0v) is 13.6. The van der Waals surface area contributed by atoms with Gasteiger partial charge in [-0.1, -0.05) is 0 Å². The molecule has 0 spiro atoms. The van der Waals surface area contributed by atoms with E-state index in [4.69, 9.17) is 0 Å². The van der Waals surface area contributed by atoms with E-state index in [0.29, 0.717) is 23.9 Å². The lowest BCUT2D eigenvalue weighted by molar-refractivity contribution is -0.167. The molecule has 3 nitrogen and oxygen atoms in total. The molecule has 4 fully saturated rings. The number of aliphatic hydroxyl groups is 1. The summed E-state index contributed by atoms with van der Waals surface area (Å²) in [6.07, 6.45) is 6.45. The van der Waals surface area contributed by atoms with Crippen LogP contribution in [0, 0.1) is 30.0 Å². The topological polar surface area (TPSA) is 49.3 Å². The van der Waals surface area contributed by atoms with Crippen LogP contribution < -0.4 is 5.32 Å². The molecule has 0 heterocycles. The number of hydrogen-bond acceptors (Lipinski definition) is 2. The predicted octanol–water partition coefficient (Wildman–Crippen LogP) is 3.79. The van der Waals surface area contributed by atoms with Crippen LogP contribution in [0.15, 0.2) is 18.2 Å². The summed E-state index contributed by atoms with van der Waals surface area (Å²) in [4.78, 5) is 12.6. The molecule has 4 bridgehead atoms. The fourth-order valence-electron chi connectivity index (χ4n) is 5.91. The van der Waals surface area contributed by atoms with Crippen molar-refractivity contribution in [3.05, 3.63) is 29.6 Å². The lowest BCUT2D eigenvalue weighted by atomic mass is 9.47. The van der Waals surface area contributed by atoms with E-state index in [1.807, 2.05) is 0 Å². The molecule has 124 valence electrons. The van der Waals surface area contributed by atoms with Crippen LogP contribution in [-0.2, 0) is 4.79 Å². The van der Waals surface area contributed by atoms with Gasteiger partial charge in [0.15, 0.2) is 0 Å². The van der Waals surface area contributed by atoms with Crippen molar-refractivity contribution in [1.29, 1.82) is 0 Å². The van der Waals surface area contributed by atoms with Gasteiger partial charge in [-0.3, -0.25) is 4.79 Å². The van der Waals surface area contributed by atoms with Gasteiger partial charge in [0.05, 0.1) is 5.60 Å². The smallest absolute Gasteiger partial charge is 0.224 e. The van der Waals surface area contributed by atoms with Crippen LogP contribution in [0.3, 0.4) is 0 Å². The molecule has 4 aliphatic carbocycles. The predicted molar refractivity (Wildman–Crippen MR) is 86.4 cm³/mol. The number of amides is 1. The first-order chi connectivity index (χ1) is 10.8. The first kappa shape index (κ1) is 15.1. The highest BCUT2D eigenvalue weighted by molar-refractivity contribution is 5.92. The van der Waals surface area contributed by atoms with E-state index in [-0.39, 0.29) is 17.1 Å². The van der Waals surface area contributed by atoms with Crippen molar-refractivity contribution in [1.82, 2.24) is 0 Å². The quantitative estimate of drug-likeness (QED) is 0.891. The number of rotatable bonds is 3. The lowest BCUT2D eigenvalue weighted by Gasteiger charge is -2.60. The second kappa shape index (κ2) is 5.04. The van der Waals surface area contributed by atoms with Crippen molar-refractivity contribution < 1.29 is 14.3 Å². The van der Waals surface area contributed by atoms with Crippen molar-refractivity contribution in [3.63, 3.8) is 0 Å². The molecule has 4 aliphatic rings. The maximum atomic E-state index is 13.2. The molecule has 23 heavy (non-hydrogen) atoms. The molecule has 5 rings (SSSR count). The van der Waals surface area contributed by atoms with Crippen LogP contribution in [0.1, 0.15) is 50.5 Å². The van der Waals surface area contributed by atoms with E-state index < -0.39 is 5.60 Å². The van der Waals surface area contributed by atoms with Crippen LogP contribution >= 0.6 is 0 Å². The zero-order valence-electron chi connectivity index (χ0n) is 13.6. The Bertz CT molecular complexity index is 643. The molecule has 0 aliphatic heterocycles. The van der Waals surface area contributed by atoms with E-state index in [2.05, 4.69) is 5.32 Å². The fraction of sp³-hybridized carbons (Fsp3) is 0.632. The molecular weight excluding hydrogens is 293 g/mol. The third-order valence-corrected chi connectivity index (χ3v) is 6.15. The highest BCUT2D eigenvalue weighted by Crippen LogP contribution is 2.62. The third-order valence-electron chi connectivity index (χ3n) is 6.15. The van der Waals surface area contributed by atoms with Gasteiger partial charge in [0.2, 0.25) is 5.91 Å². The Balaban J connectivity index is 1.48. The van der Waals surface area contributed by atoms with Gasteiger partial charge in [-0.05, 0) is 86.5 Å². The summed E-state index contributed by atoms with van der Waals surface area (Å²) in [5.74, 6) is 0.872. The van der Waals surface area contributed by atoms with Gasteiger partial charge < -0.3 is 10.4 Å². The molecule has 2 unspecified atom stereocenters. The summed E-state index contributed by atoms with van der Waals surface area (Å²) in [5.41, 5.74) is 0.856. The molecule has 1 aromatic rings. The van der Waals surface area contributed by atoms with E-state index >= 15 is 0 Å². The Hall–Kier alpha value is -1.42. The van der Waals surface area contributed by atoms with E-state index in [1.165, 1.54) is 18.6 Å². The SMILES string of the molecule is Cc1cc(F)ccc1NC(=O)CC12C[C@@H]3C[C@@H](CC(O)(C3)C1)C2. The largest absolute Gasteiger partial charge is 0.390 e. The van der Waals surface area contributed by atoms with E-state index in [1.54, 1.807) is 13.0 Å². The van der Waals surface area contributed by atoms with Crippen LogP contribution in [0.25, 0.3) is 0 Å². The second-order valence-corrected chi connectivity index (χ2v) is 8.37. The number of carbonyl (C=O) groups excluding carboxylic acids is 1. The molecule has 4 atom stereocenters. The van der Waals surface area contributed by atoms with Gasteiger partial charge in [0, 0.05) is 12.1 Å². The monoisotopic (exact) mass is 317 g/mol. The Morgan fingerprint density at radius 3 is 2.61 bits per heavy atom. The summed E-state index contributed by atoms with van der Waals surface area (Å²) in [6, 6.07) is 4.43. The van der Waals surface area contributed by atoms with E-state index in [0.717, 1.165) is 37.7 Å². The Morgan fingerprint density at radius 1 is 1.30 bits per heavy atom. The first-order valence-corrected chi connectivity index (χ1v) is 8.63. The number of carbonyl (C=O) groups is 1. The zero-order chi connectivity index (χ0) is 16.2. The summed E-state index contributed by atoms with van der Waals surface area (Å²) in [7, 11) is 0. The highest BCUT2D eigenvalue weighted by atomic mass is 19.1. The molecule has 4 heteroatoms. The summed E-state index contributed by atoms with van der Waals surface area (Å²) < 4.78 is 13.2. The van der Waals surface area contributed by atoms with Gasteiger partial charge in [-0.25, -0.2) is 4.39 Å². The first-order valence-electron chi connectivity index (χ1n) is 8.63. The summed E-state index contributed by atoms with van der Waals surface area (Å²) in [6.45, 7) is 1.80. The maximum Gasteiger partial charge on any atom is 0.224 e. The standard InChI is InChI=1S/C19H24FNO2/c1-12-4-15(20)2-3-16(12)21-17(22)10-18-6-13-5-14(7-18)9-19(23,8-13)11-18/h2-4,13-14,23H,5-11H2,1H3,(H,21,22)/t13-,14+,18?,19?. The fourth-order valence-corrected chi connectivity index (χ4v) is 5.91. The molecule has 0 radical (unpaired) electrons. The number of halogens is 1. The Labute approximate surface area is 136 Å². The lowest BCUT2D eigenvalue weighted by Crippen LogP contribution is -2.56. The number of anilines is 1. The van der Waals surface area contributed by atoms with E-state index in [9.17, 15) is 14.3 Å². The summed E-state index contributed by atoms with van der Waals surface area (Å²) in [5, 5.41) is 13.7. The minimum Gasteiger partial charge on any atom is -0.390 e. The molecule has 1 amide bonds. The normalized spacial score (nSPS) is 37.9. The number of aryl methyl sites for hydroxylation is 1. The van der Waals surface area contributed by atoms with Crippen LogP contribution in [0.5, 0.6) is 0 Å². The van der Waals surface area contributed by atoms with Gasteiger partial charge in [-0.2, -0.15) is 0 Å². The minimum absolute atomic E-state index is 0.00902. The molecule has 1 aromatic carbocycles. The van der Waals surface area contributed by atoms with Crippen LogP contribution in [-0.4, -0.2) is 16.6 Å². The molecular formula is C19H24FNO2. The Morgan fingerprint density at radius 2 is 2.00 bits per heavy atom. The Kier molecular flexibility index (Phi) is 3.31. The number of nitrogens with one attached hydrogen (secondary N) is 1. The van der Waals surface area contributed by atoms with Crippen molar-refractivity contribution >= 4 is 11.6 Å². The highest BCUT2D eigenvalue weighted by Gasteiger charge is 2.57. The molecule has 2 N–H and O–H groups in total. The molecule has 0 aromatic heterocycles. The van der Waals surface area contributed by atoms with Gasteiger partial charge in [0.1, 0.15) is 5.82 Å². The summed E-state index contributed by atoms with van der Waals surface area (Å²) >= 11 is 0. The van der Waals surface area contributed by atoms with Gasteiger partial charge in [0.25, 0.3) is 0 Å². The van der Waals surface area contributed by atoms with Crippen molar-refractivity contribution in [2.24, 2.45) is 17.3 Å². The average molecular weight is 317 g/mol. The second-order valence-electron chi connectivity index (χ2n) is 8.37. The van der Waals surface area contributed by atoms with Gasteiger partial charge >= 0.3 is 0 Å². The van der Waals surface area contributed by atoms with Crippen molar-refractivity contribution in [2.75, 3.05) is 5.32 Å². The van der Waals surface area contributed by atoms with Crippen LogP contribution in [0.4, 0.5) is 10.1 Å². The van der Waals surface area contributed by atoms with Crippen LogP contribution in [0.2, 0.25) is 0 Å². The molecule has 0 saturated heterocycles. The molecule has 4 saturated carbocycles.